The second-order valence-electron chi connectivity index (χ2n) is 2.37. The van der Waals surface area contributed by atoms with Crippen molar-refractivity contribution in [3.8, 4) is 11.8 Å². The van der Waals surface area contributed by atoms with Gasteiger partial charge in [-0.15, -0.1) is 11.3 Å². The third kappa shape index (κ3) is 3.92. The molecule has 0 amide bonds. The number of hydrogen-bond donors (Lipinski definition) is 1. The highest BCUT2D eigenvalue weighted by Crippen LogP contribution is 2.11. The molecule has 0 bridgehead atoms. The van der Waals surface area contributed by atoms with Crippen molar-refractivity contribution in [3.05, 3.63) is 16.1 Å². The number of nitrogens with zero attached hydrogens (tertiary/aromatic N) is 1. The van der Waals surface area contributed by atoms with Crippen LogP contribution in [0, 0.1) is 11.8 Å². The summed E-state index contributed by atoms with van der Waals surface area (Å²) in [5.74, 6) is 6.15. The van der Waals surface area contributed by atoms with Gasteiger partial charge in [0.1, 0.15) is 0 Å². The molecule has 0 atom stereocenters. The Morgan fingerprint density at radius 3 is 3.14 bits per heavy atom. The maximum atomic E-state index is 10.6. The average Bonchev–Trinajstić information content (AvgIpc) is 2.60. The fraction of sp³-hybridized carbons (Fsp3) is 0.333. The fourth-order valence-corrected chi connectivity index (χ4v) is 1.68. The first-order valence-corrected chi connectivity index (χ1v) is 5.70. The van der Waals surface area contributed by atoms with Gasteiger partial charge in [0.15, 0.2) is 10.1 Å². The van der Waals surface area contributed by atoms with E-state index in [1.165, 1.54) is 30.0 Å². The van der Waals surface area contributed by atoms with Gasteiger partial charge in [0.05, 0.1) is 17.2 Å². The molecule has 3 nitrogen and oxygen atoms in total. The lowest BCUT2D eigenvalue weighted by atomic mass is 10.6. The van der Waals surface area contributed by atoms with E-state index in [0.29, 0.717) is 10.8 Å². The van der Waals surface area contributed by atoms with Gasteiger partial charge < -0.3 is 5.11 Å². The van der Waals surface area contributed by atoms with Gasteiger partial charge in [0.25, 0.3) is 0 Å². The average molecular weight is 227 g/mol. The zero-order valence-corrected chi connectivity index (χ0v) is 9.24. The first-order valence-electron chi connectivity index (χ1n) is 3.90. The molecular formula is C9H9NO2S2. The van der Waals surface area contributed by atoms with Crippen LogP contribution in [0.5, 0.6) is 0 Å². The summed E-state index contributed by atoms with van der Waals surface area (Å²) in [6, 6.07) is 0. The zero-order valence-electron chi connectivity index (χ0n) is 7.61. The first-order chi connectivity index (χ1) is 6.72. The van der Waals surface area contributed by atoms with E-state index in [1.807, 2.05) is 0 Å². The molecule has 1 heterocycles. The molecule has 0 aromatic carbocycles. The molecule has 0 aliphatic rings. The number of aromatic nitrogens is 1. The second-order valence-corrected chi connectivity index (χ2v) is 4.64. The van der Waals surface area contributed by atoms with Crippen LogP contribution in [0.15, 0.2) is 6.20 Å². The van der Waals surface area contributed by atoms with Gasteiger partial charge in [-0.1, -0.05) is 17.7 Å². The van der Waals surface area contributed by atoms with Crippen LogP contribution in [0.1, 0.15) is 16.8 Å². The topological polar surface area (TPSA) is 50.2 Å². The molecule has 74 valence electrons. The molecule has 1 N–H and O–H groups in total. The highest BCUT2D eigenvalue weighted by molar-refractivity contribution is 8.13. The molecule has 1 aromatic heterocycles. The summed E-state index contributed by atoms with van der Waals surface area (Å²) in [4.78, 5) is 15.3. The van der Waals surface area contributed by atoms with Gasteiger partial charge >= 0.3 is 0 Å². The Morgan fingerprint density at radius 2 is 2.57 bits per heavy atom. The number of aliphatic hydroxyl groups is 1. The first kappa shape index (κ1) is 11.2. The van der Waals surface area contributed by atoms with Crippen LogP contribution in [0.3, 0.4) is 0 Å². The van der Waals surface area contributed by atoms with Crippen LogP contribution in [-0.4, -0.2) is 21.0 Å². The number of rotatable bonds is 2. The van der Waals surface area contributed by atoms with E-state index in [2.05, 4.69) is 16.8 Å². The minimum Gasteiger partial charge on any atom is -0.391 e. The summed E-state index contributed by atoms with van der Waals surface area (Å²) in [6.45, 7) is 1.52. The van der Waals surface area contributed by atoms with Crippen molar-refractivity contribution in [2.45, 2.75) is 13.5 Å². The number of carbonyl (C=O) groups is 1. The highest BCUT2D eigenvalue weighted by Gasteiger charge is 1.96. The predicted molar refractivity (Wildman–Crippen MR) is 58.1 cm³/mol. The summed E-state index contributed by atoms with van der Waals surface area (Å²) >= 11 is 2.54. The fourth-order valence-electron chi connectivity index (χ4n) is 0.688. The Bertz CT molecular complexity index is 376. The van der Waals surface area contributed by atoms with Crippen molar-refractivity contribution in [1.82, 2.24) is 4.98 Å². The van der Waals surface area contributed by atoms with E-state index >= 15 is 0 Å². The molecule has 0 radical (unpaired) electrons. The normalized spacial score (nSPS) is 9.29. The number of thiazole rings is 1. The van der Waals surface area contributed by atoms with Crippen LogP contribution >= 0.6 is 23.1 Å². The zero-order chi connectivity index (χ0) is 10.4. The van der Waals surface area contributed by atoms with Crippen LogP contribution in [0.25, 0.3) is 0 Å². The van der Waals surface area contributed by atoms with Gasteiger partial charge in [-0.3, -0.25) is 4.79 Å². The second kappa shape index (κ2) is 5.81. The van der Waals surface area contributed by atoms with E-state index in [4.69, 9.17) is 5.11 Å². The van der Waals surface area contributed by atoms with Crippen molar-refractivity contribution >= 4 is 28.2 Å². The minimum absolute atomic E-state index is 0.00153. The van der Waals surface area contributed by atoms with Crippen molar-refractivity contribution in [1.29, 1.82) is 0 Å². The monoisotopic (exact) mass is 227 g/mol. The van der Waals surface area contributed by atoms with Gasteiger partial charge in [0.2, 0.25) is 0 Å². The van der Waals surface area contributed by atoms with Crippen molar-refractivity contribution in [2.24, 2.45) is 0 Å². The maximum absolute atomic E-state index is 10.6. The lowest BCUT2D eigenvalue weighted by Crippen LogP contribution is -1.81. The molecule has 0 unspecified atom stereocenters. The number of aliphatic hydroxyl groups excluding tert-OH is 1. The third-order valence-corrected chi connectivity index (χ3v) is 2.85. The van der Waals surface area contributed by atoms with E-state index < -0.39 is 0 Å². The summed E-state index contributed by atoms with van der Waals surface area (Å²) in [7, 11) is 0. The summed E-state index contributed by atoms with van der Waals surface area (Å²) < 4.78 is 0. The van der Waals surface area contributed by atoms with E-state index in [1.54, 1.807) is 6.20 Å². The van der Waals surface area contributed by atoms with Crippen molar-refractivity contribution < 1.29 is 9.90 Å². The van der Waals surface area contributed by atoms with Crippen molar-refractivity contribution in [3.63, 3.8) is 0 Å². The Hall–Kier alpha value is -0.830. The SMILES string of the molecule is CC(=O)SCC#Cc1ncc(CO)s1. The summed E-state index contributed by atoms with van der Waals surface area (Å²) in [5.41, 5.74) is 0. The molecule has 5 heteroatoms. The lowest BCUT2D eigenvalue weighted by Gasteiger charge is -1.83. The number of thioether (sulfide) groups is 1. The van der Waals surface area contributed by atoms with Gasteiger partial charge in [-0.25, -0.2) is 4.98 Å². The third-order valence-electron chi connectivity index (χ3n) is 1.25. The Morgan fingerprint density at radius 1 is 1.79 bits per heavy atom. The summed E-state index contributed by atoms with van der Waals surface area (Å²) in [6.07, 6.45) is 1.60. The molecular weight excluding hydrogens is 218 g/mol. The molecule has 0 saturated heterocycles. The predicted octanol–water partition coefficient (Wildman–Crippen LogP) is 1.27. The Kier molecular flexibility index (Phi) is 4.66. The molecule has 1 rings (SSSR count). The lowest BCUT2D eigenvalue weighted by molar-refractivity contribution is -0.109. The highest BCUT2D eigenvalue weighted by atomic mass is 32.2. The van der Waals surface area contributed by atoms with E-state index in [0.717, 1.165) is 4.88 Å². The molecule has 0 fully saturated rings. The van der Waals surface area contributed by atoms with E-state index in [9.17, 15) is 4.79 Å². The molecule has 0 aliphatic carbocycles. The standard InChI is InChI=1S/C9H9NO2S2/c1-7(12)13-4-2-3-9-10-5-8(6-11)14-9/h5,11H,4,6H2,1H3. The molecule has 14 heavy (non-hydrogen) atoms. The van der Waals surface area contributed by atoms with Crippen LogP contribution < -0.4 is 0 Å². The number of carbonyl (C=O) groups excluding carboxylic acids is 1. The smallest absolute Gasteiger partial charge is 0.186 e. The molecule has 1 aromatic rings. The van der Waals surface area contributed by atoms with Crippen LogP contribution in [-0.2, 0) is 11.4 Å². The molecule has 0 saturated carbocycles. The van der Waals surface area contributed by atoms with Crippen LogP contribution in [0.4, 0.5) is 0 Å². The summed E-state index contributed by atoms with van der Waals surface area (Å²) in [5, 5.41) is 9.51. The molecule has 0 spiro atoms. The number of hydrogen-bond acceptors (Lipinski definition) is 5. The van der Waals surface area contributed by atoms with Gasteiger partial charge in [-0.2, -0.15) is 0 Å². The Balaban J connectivity index is 2.46. The quantitative estimate of drug-likeness (QED) is 0.773. The minimum atomic E-state index is 0.00153. The van der Waals surface area contributed by atoms with Crippen LogP contribution in [0.2, 0.25) is 0 Å². The maximum Gasteiger partial charge on any atom is 0.186 e. The largest absolute Gasteiger partial charge is 0.391 e. The van der Waals surface area contributed by atoms with E-state index in [-0.39, 0.29) is 11.7 Å². The van der Waals surface area contributed by atoms with Crippen molar-refractivity contribution in [2.75, 3.05) is 5.75 Å². The molecule has 0 aliphatic heterocycles. The Labute approximate surface area is 90.6 Å². The van der Waals surface area contributed by atoms with Gasteiger partial charge in [0, 0.05) is 13.1 Å². The van der Waals surface area contributed by atoms with Gasteiger partial charge in [-0.05, 0) is 5.92 Å².